The molecule has 3 nitrogen and oxygen atoms in total. The molecule has 0 fully saturated rings. The molecule has 0 spiro atoms. The topological polar surface area (TPSA) is 13.8 Å². The first-order valence-corrected chi connectivity index (χ1v) is 10.8. The van der Waals surface area contributed by atoms with Gasteiger partial charge in [-0.25, -0.2) is 8.78 Å². The molecule has 2 aliphatic heterocycles. The molecule has 2 aromatic carbocycles. The minimum Gasteiger partial charge on any atom is -1.00 e. The summed E-state index contributed by atoms with van der Waals surface area (Å²) in [5.74, 6) is -0.396. The van der Waals surface area contributed by atoms with Gasteiger partial charge in [0.2, 0.25) is 0 Å². The number of likely N-dealkylation sites (N-methyl/N-ethyl adjacent to an activating group) is 2. The highest BCUT2D eigenvalue weighted by molar-refractivity contribution is 5.49. The second-order valence-electron chi connectivity index (χ2n) is 8.94. The lowest BCUT2D eigenvalue weighted by atomic mass is 9.83. The molecule has 2 N–H and O–H groups in total. The van der Waals surface area contributed by atoms with E-state index in [9.17, 15) is 8.78 Å². The van der Waals surface area contributed by atoms with E-state index in [1.807, 2.05) is 24.3 Å². The molecule has 3 aromatic rings. The Kier molecular flexibility index (Phi) is 7.35. The molecule has 4 unspecified atom stereocenters. The number of hydrogen-bond donors (Lipinski definition) is 2. The minimum atomic E-state index is -0.198. The van der Waals surface area contributed by atoms with Crippen molar-refractivity contribution in [3.63, 3.8) is 0 Å². The number of aromatic nitrogens is 1. The third kappa shape index (κ3) is 3.96. The lowest BCUT2D eigenvalue weighted by Crippen LogP contribution is -3.11. The van der Waals surface area contributed by atoms with Gasteiger partial charge in [-0.3, -0.25) is 0 Å². The van der Waals surface area contributed by atoms with E-state index in [4.69, 9.17) is 0 Å². The number of nitrogens with one attached hydrogen (secondary N) is 2. The van der Waals surface area contributed by atoms with Gasteiger partial charge >= 0.3 is 0 Å². The third-order valence-corrected chi connectivity index (χ3v) is 7.20. The van der Waals surface area contributed by atoms with E-state index in [1.165, 1.54) is 32.3 Å². The number of nitrogens with zero attached hydrogens (tertiary/aromatic N) is 1. The van der Waals surface area contributed by atoms with Crippen molar-refractivity contribution in [2.45, 2.75) is 24.9 Å². The molecule has 32 heavy (non-hydrogen) atoms. The minimum absolute atomic E-state index is 0. The number of rotatable bonds is 2. The van der Waals surface area contributed by atoms with Crippen LogP contribution in [0.15, 0.2) is 48.5 Å². The van der Waals surface area contributed by atoms with Gasteiger partial charge in [-0.2, -0.15) is 0 Å². The van der Waals surface area contributed by atoms with Crippen LogP contribution in [0.5, 0.6) is 0 Å². The Morgan fingerprint density at radius 2 is 1.03 bits per heavy atom. The highest BCUT2D eigenvalue weighted by Crippen LogP contribution is 2.39. The van der Waals surface area contributed by atoms with E-state index in [0.717, 1.165) is 37.1 Å². The van der Waals surface area contributed by atoms with Crippen LogP contribution in [0.25, 0.3) is 0 Å². The second kappa shape index (κ2) is 9.52. The first-order valence-electron chi connectivity index (χ1n) is 10.8. The summed E-state index contributed by atoms with van der Waals surface area (Å²) in [6.45, 7) is 2.10. The van der Waals surface area contributed by atoms with Crippen molar-refractivity contribution in [1.29, 1.82) is 0 Å². The van der Waals surface area contributed by atoms with Crippen LogP contribution in [0, 0.1) is 11.6 Å². The van der Waals surface area contributed by atoms with Crippen molar-refractivity contribution >= 4 is 0 Å². The molecule has 1 aromatic heterocycles. The molecule has 0 radical (unpaired) electrons. The van der Waals surface area contributed by atoms with Crippen LogP contribution in [-0.2, 0) is 19.9 Å². The molecule has 7 heteroatoms. The van der Waals surface area contributed by atoms with Crippen LogP contribution in [0.3, 0.4) is 0 Å². The zero-order valence-electron chi connectivity index (χ0n) is 18.6. The molecule has 0 amide bonds. The lowest BCUT2D eigenvalue weighted by Gasteiger charge is -2.35. The average Bonchev–Trinajstić information content (AvgIpc) is 3.02. The van der Waals surface area contributed by atoms with Gasteiger partial charge in [-0.1, -0.05) is 0 Å². The fourth-order valence-corrected chi connectivity index (χ4v) is 5.71. The monoisotopic (exact) mass is 479 g/mol. The summed E-state index contributed by atoms with van der Waals surface area (Å²) in [7, 11) is 6.67. The van der Waals surface area contributed by atoms with E-state index in [1.54, 1.807) is 24.3 Å². The smallest absolute Gasteiger partial charge is 0.141 e. The van der Waals surface area contributed by atoms with Crippen molar-refractivity contribution in [1.82, 2.24) is 4.57 Å². The first-order chi connectivity index (χ1) is 14.5. The van der Waals surface area contributed by atoms with Crippen LogP contribution in [0.2, 0.25) is 0 Å². The maximum Gasteiger partial charge on any atom is 0.141 e. The number of quaternary nitrogens is 2. The van der Waals surface area contributed by atoms with Crippen LogP contribution in [0.4, 0.5) is 8.78 Å². The summed E-state index contributed by atoms with van der Waals surface area (Å²) in [6.07, 6.45) is 2.08. The summed E-state index contributed by atoms with van der Waals surface area (Å²) >= 11 is 0. The lowest BCUT2D eigenvalue weighted by molar-refractivity contribution is -0.912. The van der Waals surface area contributed by atoms with Gasteiger partial charge in [-0.15, -0.1) is 0 Å². The predicted octanol–water partition coefficient (Wildman–Crippen LogP) is -4.37. The Balaban J connectivity index is 0.00000144. The Hall–Kier alpha value is -1.92. The van der Waals surface area contributed by atoms with Crippen LogP contribution in [-0.4, -0.2) is 31.8 Å². The maximum atomic E-state index is 13.6. The SMILES string of the molecule is Cn1c2c(c3c1CC[NH+](C)C3c1ccc(F)cc1)C(c1ccc(F)cc1)[NH+](C)CC2.[Cl-].[Cl-]. The normalized spacial score (nSPS) is 24.0. The Morgan fingerprint density at radius 1 is 0.688 bits per heavy atom. The molecule has 0 saturated carbocycles. The Bertz CT molecular complexity index is 995. The molecule has 0 saturated heterocycles. The largest absolute Gasteiger partial charge is 1.00 e. The van der Waals surface area contributed by atoms with Crippen LogP contribution < -0.4 is 34.6 Å². The zero-order valence-corrected chi connectivity index (χ0v) is 20.1. The fraction of sp³-hybridized carbons (Fsp3) is 0.360. The first kappa shape index (κ1) is 24.7. The fourth-order valence-electron chi connectivity index (χ4n) is 5.71. The molecule has 5 rings (SSSR count). The Labute approximate surface area is 200 Å². The van der Waals surface area contributed by atoms with E-state index in [-0.39, 0.29) is 48.5 Å². The van der Waals surface area contributed by atoms with Crippen molar-refractivity contribution in [2.75, 3.05) is 27.2 Å². The molecule has 172 valence electrons. The third-order valence-electron chi connectivity index (χ3n) is 7.20. The maximum absolute atomic E-state index is 13.6. The standard InChI is InChI=1S/C25H27F2N3.2ClH/c1-28-14-12-20-22(24(28)16-4-8-18(26)9-5-16)23-21(30(20)3)13-15-29(2)25(23)17-6-10-19(27)11-7-17;;/h4-11,24-25H,12-15H2,1-3H3;2*1H. The van der Waals surface area contributed by atoms with E-state index in [0.29, 0.717) is 0 Å². The molecule has 0 aliphatic carbocycles. The number of hydrogen-bond acceptors (Lipinski definition) is 0. The van der Waals surface area contributed by atoms with E-state index < -0.39 is 0 Å². The van der Waals surface area contributed by atoms with Gasteiger partial charge in [-0.05, 0) is 48.5 Å². The quantitative estimate of drug-likeness (QED) is 0.369. The summed E-state index contributed by atoms with van der Waals surface area (Å²) in [4.78, 5) is 2.87. The second-order valence-corrected chi connectivity index (χ2v) is 8.94. The molecule has 0 bridgehead atoms. The van der Waals surface area contributed by atoms with Crippen molar-refractivity contribution in [3.8, 4) is 0 Å². The zero-order chi connectivity index (χ0) is 21.0. The highest BCUT2D eigenvalue weighted by atomic mass is 35.5. The van der Waals surface area contributed by atoms with Gasteiger partial charge < -0.3 is 39.2 Å². The number of fused-ring (bicyclic) bond motifs is 3. The van der Waals surface area contributed by atoms with Crippen molar-refractivity contribution in [3.05, 3.63) is 93.8 Å². The van der Waals surface area contributed by atoms with E-state index >= 15 is 0 Å². The Morgan fingerprint density at radius 3 is 1.38 bits per heavy atom. The van der Waals surface area contributed by atoms with Crippen molar-refractivity contribution < 1.29 is 43.4 Å². The van der Waals surface area contributed by atoms with Gasteiger partial charge in [0.15, 0.2) is 0 Å². The number of halogens is 4. The van der Waals surface area contributed by atoms with Gasteiger partial charge in [0, 0.05) is 53.5 Å². The summed E-state index contributed by atoms with van der Waals surface area (Å²) in [6, 6.07) is 14.4. The summed E-state index contributed by atoms with van der Waals surface area (Å²) in [5.41, 5.74) is 7.92. The highest BCUT2D eigenvalue weighted by Gasteiger charge is 2.43. The predicted molar refractivity (Wildman–Crippen MR) is 113 cm³/mol. The van der Waals surface area contributed by atoms with Gasteiger partial charge in [0.25, 0.3) is 0 Å². The van der Waals surface area contributed by atoms with Crippen LogP contribution >= 0.6 is 0 Å². The molecule has 2 aliphatic rings. The number of benzene rings is 2. The summed E-state index contributed by atoms with van der Waals surface area (Å²) in [5, 5.41) is 0. The van der Waals surface area contributed by atoms with E-state index in [2.05, 4.69) is 25.7 Å². The van der Waals surface area contributed by atoms with Crippen molar-refractivity contribution in [2.24, 2.45) is 7.05 Å². The molecular formula is C25H29Cl2F2N3. The molecule has 3 heterocycles. The van der Waals surface area contributed by atoms with Gasteiger partial charge in [0.05, 0.1) is 27.2 Å². The average molecular weight is 480 g/mol. The van der Waals surface area contributed by atoms with Gasteiger partial charge in [0.1, 0.15) is 23.7 Å². The molecule has 4 atom stereocenters. The van der Waals surface area contributed by atoms with Crippen LogP contribution in [0.1, 0.15) is 45.7 Å². The summed E-state index contributed by atoms with van der Waals surface area (Å²) < 4.78 is 29.7. The molecular weight excluding hydrogens is 451 g/mol.